The number of nitriles is 1. The van der Waals surface area contributed by atoms with Crippen molar-refractivity contribution in [2.24, 2.45) is 0 Å². The molecule has 7 heteroatoms. The number of amides is 2. The Morgan fingerprint density at radius 1 is 1.11 bits per heavy atom. The van der Waals surface area contributed by atoms with Crippen LogP contribution in [0.5, 0.6) is 0 Å². The molecule has 1 N–H and O–H groups in total. The Morgan fingerprint density at radius 3 is 2.70 bits per heavy atom. The summed E-state index contributed by atoms with van der Waals surface area (Å²) in [5, 5.41) is 11.8. The first-order valence-corrected chi connectivity index (χ1v) is 8.75. The van der Waals surface area contributed by atoms with E-state index in [1.165, 1.54) is 0 Å². The first-order chi connectivity index (χ1) is 13.2. The van der Waals surface area contributed by atoms with Gasteiger partial charge in [-0.15, -0.1) is 0 Å². The number of hydrogen-bond donors (Lipinski definition) is 1. The number of carbonyl (C=O) groups excluding carboxylic acids is 2. The summed E-state index contributed by atoms with van der Waals surface area (Å²) in [4.78, 5) is 31.7. The quantitative estimate of drug-likeness (QED) is 0.778. The van der Waals surface area contributed by atoms with E-state index >= 15 is 0 Å². The van der Waals surface area contributed by atoms with E-state index < -0.39 is 5.91 Å². The van der Waals surface area contributed by atoms with Crippen LogP contribution < -0.4 is 5.32 Å². The summed E-state index contributed by atoms with van der Waals surface area (Å²) in [6.07, 6.45) is 3.68. The SMILES string of the molecule is N#Cc1cccc(NC(=O)c2nc(C(=O)N3CCCC3)c3ccccn23)c1. The summed E-state index contributed by atoms with van der Waals surface area (Å²) in [7, 11) is 0. The maximum atomic E-state index is 12.8. The van der Waals surface area contributed by atoms with Crippen LogP contribution in [0.1, 0.15) is 39.5 Å². The third kappa shape index (κ3) is 3.13. The lowest BCUT2D eigenvalue weighted by molar-refractivity contribution is 0.0789. The molecule has 1 aliphatic heterocycles. The number of benzene rings is 1. The van der Waals surface area contributed by atoms with E-state index in [0.29, 0.717) is 29.9 Å². The molecule has 0 spiro atoms. The Labute approximate surface area is 155 Å². The lowest BCUT2D eigenvalue weighted by atomic mass is 10.2. The van der Waals surface area contributed by atoms with Gasteiger partial charge >= 0.3 is 0 Å². The number of fused-ring (bicyclic) bond motifs is 1. The van der Waals surface area contributed by atoms with Crippen molar-refractivity contribution >= 4 is 23.0 Å². The summed E-state index contributed by atoms with van der Waals surface area (Å²) in [6.45, 7) is 1.43. The van der Waals surface area contributed by atoms with Gasteiger partial charge in [0.1, 0.15) is 0 Å². The Morgan fingerprint density at radius 2 is 1.93 bits per heavy atom. The molecule has 1 aliphatic rings. The fourth-order valence-corrected chi connectivity index (χ4v) is 3.28. The highest BCUT2D eigenvalue weighted by Crippen LogP contribution is 2.19. The van der Waals surface area contributed by atoms with Crippen LogP contribution in [0.25, 0.3) is 5.52 Å². The second-order valence-corrected chi connectivity index (χ2v) is 6.39. The molecular weight excluding hydrogens is 342 g/mol. The fraction of sp³-hybridized carbons (Fsp3) is 0.200. The number of nitrogens with zero attached hydrogens (tertiary/aromatic N) is 4. The Hall–Kier alpha value is -3.66. The monoisotopic (exact) mass is 359 g/mol. The van der Waals surface area contributed by atoms with Gasteiger partial charge in [0, 0.05) is 25.0 Å². The summed E-state index contributed by atoms with van der Waals surface area (Å²) in [5.41, 5.74) is 1.84. The van der Waals surface area contributed by atoms with E-state index in [2.05, 4.69) is 10.3 Å². The lowest BCUT2D eigenvalue weighted by Gasteiger charge is -2.13. The first kappa shape index (κ1) is 16.8. The molecule has 2 aromatic heterocycles. The van der Waals surface area contributed by atoms with Gasteiger partial charge in [-0.3, -0.25) is 14.0 Å². The largest absolute Gasteiger partial charge is 0.337 e. The van der Waals surface area contributed by atoms with Crippen LogP contribution in [-0.2, 0) is 0 Å². The Balaban J connectivity index is 1.70. The highest BCUT2D eigenvalue weighted by Gasteiger charge is 2.26. The number of aromatic nitrogens is 2. The van der Waals surface area contributed by atoms with E-state index in [1.54, 1.807) is 51.9 Å². The van der Waals surface area contributed by atoms with E-state index in [-0.39, 0.29) is 17.4 Å². The zero-order valence-electron chi connectivity index (χ0n) is 14.6. The van der Waals surface area contributed by atoms with Gasteiger partial charge in [0.05, 0.1) is 17.1 Å². The van der Waals surface area contributed by atoms with Gasteiger partial charge < -0.3 is 10.2 Å². The lowest BCUT2D eigenvalue weighted by Crippen LogP contribution is -2.28. The minimum Gasteiger partial charge on any atom is -0.337 e. The minimum absolute atomic E-state index is 0.135. The van der Waals surface area contributed by atoms with Crippen LogP contribution in [0.3, 0.4) is 0 Å². The Bertz CT molecular complexity index is 1070. The minimum atomic E-state index is -0.438. The molecule has 0 aliphatic carbocycles. The molecule has 134 valence electrons. The molecule has 1 aromatic carbocycles. The van der Waals surface area contributed by atoms with Gasteiger partial charge in [-0.25, -0.2) is 4.98 Å². The van der Waals surface area contributed by atoms with Crippen LogP contribution in [-0.4, -0.2) is 39.2 Å². The molecule has 0 radical (unpaired) electrons. The molecule has 1 fully saturated rings. The van der Waals surface area contributed by atoms with Crippen molar-refractivity contribution in [3.8, 4) is 6.07 Å². The average molecular weight is 359 g/mol. The van der Waals surface area contributed by atoms with Crippen molar-refractivity contribution in [2.45, 2.75) is 12.8 Å². The number of carbonyl (C=O) groups is 2. The van der Waals surface area contributed by atoms with Crippen molar-refractivity contribution in [3.05, 3.63) is 65.7 Å². The number of imidazole rings is 1. The maximum absolute atomic E-state index is 12.8. The topological polar surface area (TPSA) is 90.5 Å². The van der Waals surface area contributed by atoms with Crippen molar-refractivity contribution in [1.29, 1.82) is 5.26 Å². The highest BCUT2D eigenvalue weighted by molar-refractivity contribution is 6.06. The average Bonchev–Trinajstić information content (AvgIpc) is 3.36. The molecular formula is C20H17N5O2. The predicted octanol–water partition coefficient (Wildman–Crippen LogP) is 2.69. The molecule has 0 atom stereocenters. The molecule has 27 heavy (non-hydrogen) atoms. The van der Waals surface area contributed by atoms with Gasteiger partial charge in [-0.2, -0.15) is 5.26 Å². The second-order valence-electron chi connectivity index (χ2n) is 6.39. The number of hydrogen-bond acceptors (Lipinski definition) is 4. The van der Waals surface area contributed by atoms with E-state index in [9.17, 15) is 9.59 Å². The molecule has 0 unspecified atom stereocenters. The molecule has 4 rings (SSSR count). The number of rotatable bonds is 3. The molecule has 3 heterocycles. The fourth-order valence-electron chi connectivity index (χ4n) is 3.28. The van der Waals surface area contributed by atoms with E-state index in [4.69, 9.17) is 5.26 Å². The van der Waals surface area contributed by atoms with Crippen LogP contribution in [0.2, 0.25) is 0 Å². The van der Waals surface area contributed by atoms with Crippen molar-refractivity contribution in [1.82, 2.24) is 14.3 Å². The smallest absolute Gasteiger partial charge is 0.292 e. The number of pyridine rings is 1. The molecule has 3 aromatic rings. The van der Waals surface area contributed by atoms with Crippen LogP contribution in [0, 0.1) is 11.3 Å². The number of anilines is 1. The van der Waals surface area contributed by atoms with Crippen LogP contribution in [0.15, 0.2) is 48.7 Å². The van der Waals surface area contributed by atoms with Gasteiger partial charge in [0.15, 0.2) is 5.69 Å². The third-order valence-corrected chi connectivity index (χ3v) is 4.60. The molecule has 0 saturated carbocycles. The van der Waals surface area contributed by atoms with Gasteiger partial charge in [-0.05, 0) is 43.2 Å². The van der Waals surface area contributed by atoms with Crippen molar-refractivity contribution in [2.75, 3.05) is 18.4 Å². The zero-order valence-corrected chi connectivity index (χ0v) is 14.6. The second kappa shape index (κ2) is 6.92. The molecule has 0 bridgehead atoms. The Kier molecular flexibility index (Phi) is 4.30. The zero-order chi connectivity index (χ0) is 18.8. The van der Waals surface area contributed by atoms with Gasteiger partial charge in [0.25, 0.3) is 11.8 Å². The molecule has 2 amide bonds. The summed E-state index contributed by atoms with van der Waals surface area (Å²) < 4.78 is 1.62. The summed E-state index contributed by atoms with van der Waals surface area (Å²) >= 11 is 0. The molecule has 1 saturated heterocycles. The summed E-state index contributed by atoms with van der Waals surface area (Å²) in [6, 6.07) is 14.1. The van der Waals surface area contributed by atoms with Crippen molar-refractivity contribution in [3.63, 3.8) is 0 Å². The van der Waals surface area contributed by atoms with E-state index in [1.807, 2.05) is 12.1 Å². The van der Waals surface area contributed by atoms with Gasteiger partial charge in [-0.1, -0.05) is 12.1 Å². The van der Waals surface area contributed by atoms with Crippen LogP contribution in [0.4, 0.5) is 5.69 Å². The highest BCUT2D eigenvalue weighted by atomic mass is 16.2. The third-order valence-electron chi connectivity index (χ3n) is 4.60. The van der Waals surface area contributed by atoms with Crippen LogP contribution >= 0.6 is 0 Å². The molecule has 7 nitrogen and oxygen atoms in total. The maximum Gasteiger partial charge on any atom is 0.292 e. The van der Waals surface area contributed by atoms with Gasteiger partial charge in [0.2, 0.25) is 5.82 Å². The first-order valence-electron chi connectivity index (χ1n) is 8.75. The summed E-state index contributed by atoms with van der Waals surface area (Å²) in [5.74, 6) is -0.455. The number of nitrogens with one attached hydrogen (secondary N) is 1. The van der Waals surface area contributed by atoms with E-state index in [0.717, 1.165) is 12.8 Å². The number of likely N-dealkylation sites (tertiary alicyclic amines) is 1. The predicted molar refractivity (Wildman–Crippen MR) is 99.4 cm³/mol. The van der Waals surface area contributed by atoms with Crippen molar-refractivity contribution < 1.29 is 9.59 Å². The normalized spacial score (nSPS) is 13.5. The standard InChI is InChI=1S/C20H17N5O2/c21-13-14-6-5-7-15(12-14)22-19(26)18-23-17(16-8-1-2-11-25(16)18)20(27)24-9-3-4-10-24/h1-2,5-8,11-12H,3-4,9-10H2,(H,22,26).